The third kappa shape index (κ3) is 4.29. The van der Waals surface area contributed by atoms with Crippen molar-refractivity contribution in [1.82, 2.24) is 0 Å². The number of rotatable bonds is 8. The Labute approximate surface area is 154 Å². The molecule has 1 aromatic heterocycles. The SMILES string of the molecule is O=Cc1ccc(OCc2ccsc2)cc1OC(C(=O)[O-])c1ccccc1. The molecule has 2 aromatic carbocycles. The van der Waals surface area contributed by atoms with Crippen molar-refractivity contribution in [2.45, 2.75) is 12.7 Å². The molecule has 0 saturated carbocycles. The van der Waals surface area contributed by atoms with Crippen molar-refractivity contribution < 1.29 is 24.2 Å². The van der Waals surface area contributed by atoms with Gasteiger partial charge in [-0.3, -0.25) is 4.79 Å². The zero-order chi connectivity index (χ0) is 18.4. The molecule has 6 heteroatoms. The lowest BCUT2D eigenvalue weighted by atomic mass is 10.1. The van der Waals surface area contributed by atoms with Crippen LogP contribution in [-0.2, 0) is 11.4 Å². The van der Waals surface area contributed by atoms with Crippen LogP contribution in [-0.4, -0.2) is 12.3 Å². The van der Waals surface area contributed by atoms with Gasteiger partial charge in [0, 0.05) is 6.07 Å². The van der Waals surface area contributed by atoms with Gasteiger partial charge in [0.1, 0.15) is 18.1 Å². The summed E-state index contributed by atoms with van der Waals surface area (Å²) in [7, 11) is 0. The molecule has 26 heavy (non-hydrogen) atoms. The van der Waals surface area contributed by atoms with Gasteiger partial charge >= 0.3 is 0 Å². The van der Waals surface area contributed by atoms with Gasteiger partial charge in [0.2, 0.25) is 0 Å². The van der Waals surface area contributed by atoms with Crippen molar-refractivity contribution in [3.8, 4) is 11.5 Å². The smallest absolute Gasteiger partial charge is 0.163 e. The lowest BCUT2D eigenvalue weighted by Gasteiger charge is -2.21. The fourth-order valence-corrected chi connectivity index (χ4v) is 3.01. The zero-order valence-corrected chi connectivity index (χ0v) is 14.5. The maximum Gasteiger partial charge on any atom is 0.163 e. The largest absolute Gasteiger partial charge is 0.546 e. The third-order valence-corrected chi connectivity index (χ3v) is 4.39. The van der Waals surface area contributed by atoms with E-state index in [1.807, 2.05) is 16.8 Å². The molecule has 3 aromatic rings. The first-order chi connectivity index (χ1) is 12.7. The highest BCUT2D eigenvalue weighted by atomic mass is 32.1. The van der Waals surface area contributed by atoms with Gasteiger partial charge in [-0.15, -0.1) is 0 Å². The molecule has 3 rings (SSSR count). The predicted molar refractivity (Wildman–Crippen MR) is 95.3 cm³/mol. The molecule has 1 heterocycles. The van der Waals surface area contributed by atoms with Crippen LogP contribution >= 0.6 is 11.3 Å². The van der Waals surface area contributed by atoms with Crippen LogP contribution in [0.4, 0.5) is 0 Å². The van der Waals surface area contributed by atoms with Crippen molar-refractivity contribution in [2.24, 2.45) is 0 Å². The number of aldehydes is 1. The Kier molecular flexibility index (Phi) is 5.66. The molecule has 0 fully saturated rings. The van der Waals surface area contributed by atoms with E-state index in [0.717, 1.165) is 5.56 Å². The van der Waals surface area contributed by atoms with E-state index in [1.54, 1.807) is 47.7 Å². The first-order valence-electron chi connectivity index (χ1n) is 7.83. The molecule has 1 unspecified atom stereocenters. The maximum absolute atomic E-state index is 11.5. The Morgan fingerprint density at radius 3 is 2.62 bits per heavy atom. The van der Waals surface area contributed by atoms with Gasteiger partial charge in [0.05, 0.1) is 11.5 Å². The van der Waals surface area contributed by atoms with E-state index in [1.165, 1.54) is 12.1 Å². The molecule has 0 amide bonds. The number of carboxylic acids is 1. The molecule has 0 aliphatic rings. The van der Waals surface area contributed by atoms with E-state index in [0.29, 0.717) is 24.2 Å². The number of ether oxygens (including phenoxy) is 2. The molecule has 132 valence electrons. The van der Waals surface area contributed by atoms with Crippen LogP contribution in [0.25, 0.3) is 0 Å². The summed E-state index contributed by atoms with van der Waals surface area (Å²) >= 11 is 1.57. The number of benzene rings is 2. The summed E-state index contributed by atoms with van der Waals surface area (Å²) in [6.45, 7) is 0.367. The minimum atomic E-state index is -1.39. The number of hydrogen-bond donors (Lipinski definition) is 0. The highest BCUT2D eigenvalue weighted by Gasteiger charge is 2.17. The van der Waals surface area contributed by atoms with Crippen LogP contribution in [0.2, 0.25) is 0 Å². The van der Waals surface area contributed by atoms with Gasteiger partial charge in [0.25, 0.3) is 0 Å². The monoisotopic (exact) mass is 367 g/mol. The molecule has 0 spiro atoms. The zero-order valence-electron chi connectivity index (χ0n) is 13.7. The van der Waals surface area contributed by atoms with Crippen LogP contribution in [0.1, 0.15) is 27.6 Å². The van der Waals surface area contributed by atoms with Crippen molar-refractivity contribution in [2.75, 3.05) is 0 Å². The molecule has 0 radical (unpaired) electrons. The minimum Gasteiger partial charge on any atom is -0.546 e. The summed E-state index contributed by atoms with van der Waals surface area (Å²) in [6, 6.07) is 15.0. The molecule has 0 N–H and O–H groups in total. The Morgan fingerprint density at radius 1 is 1.15 bits per heavy atom. The average molecular weight is 367 g/mol. The number of hydrogen-bond acceptors (Lipinski definition) is 6. The van der Waals surface area contributed by atoms with E-state index < -0.39 is 12.1 Å². The predicted octanol–water partition coefficient (Wildman–Crippen LogP) is 3.01. The lowest BCUT2D eigenvalue weighted by molar-refractivity contribution is -0.314. The van der Waals surface area contributed by atoms with Crippen LogP contribution < -0.4 is 14.6 Å². The Bertz CT molecular complexity index is 874. The third-order valence-electron chi connectivity index (χ3n) is 3.66. The fraction of sp³-hybridized carbons (Fsp3) is 0.100. The minimum absolute atomic E-state index is 0.126. The van der Waals surface area contributed by atoms with E-state index >= 15 is 0 Å². The number of carbonyl (C=O) groups excluding carboxylic acids is 2. The average Bonchev–Trinajstić information content (AvgIpc) is 3.18. The molecule has 0 bridgehead atoms. The number of carbonyl (C=O) groups is 2. The summed E-state index contributed by atoms with van der Waals surface area (Å²) in [6.07, 6.45) is -0.725. The molecule has 0 aliphatic heterocycles. The van der Waals surface area contributed by atoms with Crippen LogP contribution in [0.3, 0.4) is 0 Å². The first-order valence-corrected chi connectivity index (χ1v) is 8.77. The van der Waals surface area contributed by atoms with E-state index in [9.17, 15) is 14.7 Å². The summed E-state index contributed by atoms with van der Waals surface area (Å²) in [5, 5.41) is 15.4. The van der Waals surface area contributed by atoms with Gasteiger partial charge < -0.3 is 19.4 Å². The molecule has 5 nitrogen and oxygen atoms in total. The van der Waals surface area contributed by atoms with Crippen LogP contribution in [0, 0.1) is 0 Å². The Morgan fingerprint density at radius 2 is 1.96 bits per heavy atom. The van der Waals surface area contributed by atoms with Crippen molar-refractivity contribution in [1.29, 1.82) is 0 Å². The quantitative estimate of drug-likeness (QED) is 0.572. The molecule has 0 saturated heterocycles. The summed E-state index contributed by atoms with van der Waals surface area (Å²) in [5.41, 5.74) is 1.68. The summed E-state index contributed by atoms with van der Waals surface area (Å²) in [5.74, 6) is -0.791. The van der Waals surface area contributed by atoms with Crippen LogP contribution in [0.15, 0.2) is 65.4 Å². The van der Waals surface area contributed by atoms with Gasteiger partial charge in [-0.1, -0.05) is 30.3 Å². The topological polar surface area (TPSA) is 75.7 Å². The van der Waals surface area contributed by atoms with E-state index in [4.69, 9.17) is 9.47 Å². The van der Waals surface area contributed by atoms with Crippen molar-refractivity contribution in [3.63, 3.8) is 0 Å². The Balaban J connectivity index is 1.83. The second kappa shape index (κ2) is 8.31. The number of aliphatic carboxylic acids is 1. The summed E-state index contributed by atoms with van der Waals surface area (Å²) in [4.78, 5) is 22.8. The second-order valence-electron chi connectivity index (χ2n) is 5.47. The van der Waals surface area contributed by atoms with E-state index in [-0.39, 0.29) is 11.3 Å². The number of thiophene rings is 1. The molecular weight excluding hydrogens is 352 g/mol. The normalized spacial score (nSPS) is 11.5. The maximum atomic E-state index is 11.5. The first kappa shape index (κ1) is 17.7. The highest BCUT2D eigenvalue weighted by molar-refractivity contribution is 7.07. The molecule has 1 atom stereocenters. The van der Waals surface area contributed by atoms with Crippen LogP contribution in [0.5, 0.6) is 11.5 Å². The van der Waals surface area contributed by atoms with E-state index in [2.05, 4.69) is 0 Å². The van der Waals surface area contributed by atoms with Crippen molar-refractivity contribution >= 4 is 23.6 Å². The fourth-order valence-electron chi connectivity index (χ4n) is 2.35. The molecule has 0 aliphatic carbocycles. The lowest BCUT2D eigenvalue weighted by Crippen LogP contribution is -2.33. The van der Waals surface area contributed by atoms with Crippen molar-refractivity contribution in [3.05, 3.63) is 82.0 Å². The van der Waals surface area contributed by atoms with Gasteiger partial charge in [-0.05, 0) is 40.1 Å². The van der Waals surface area contributed by atoms with Gasteiger partial charge in [0.15, 0.2) is 12.4 Å². The summed E-state index contributed by atoms with van der Waals surface area (Å²) < 4.78 is 11.3. The van der Waals surface area contributed by atoms with Gasteiger partial charge in [-0.25, -0.2) is 0 Å². The van der Waals surface area contributed by atoms with Gasteiger partial charge in [-0.2, -0.15) is 11.3 Å². The standard InChI is InChI=1S/C20H16O5S/c21-11-16-6-7-17(24-12-14-8-9-26-13-14)10-18(16)25-19(20(22)23)15-4-2-1-3-5-15/h1-11,13,19H,12H2,(H,22,23)/p-1. The highest BCUT2D eigenvalue weighted by Crippen LogP contribution is 2.29. The Hall–Kier alpha value is -3.12. The second-order valence-corrected chi connectivity index (χ2v) is 6.25. The molecular formula is C20H15O5S-. The number of carboxylic acid groups (broad SMARTS) is 1.